The van der Waals surface area contributed by atoms with Gasteiger partial charge in [0, 0.05) is 43.7 Å². The summed E-state index contributed by atoms with van der Waals surface area (Å²) in [6.07, 6.45) is 4.45. The molecule has 2 aliphatic heterocycles. The highest BCUT2D eigenvalue weighted by molar-refractivity contribution is 5.82. The topological polar surface area (TPSA) is 84.8 Å². The number of aromatic nitrogens is 2. The number of rotatable bonds is 4. The Morgan fingerprint density at radius 1 is 1.19 bits per heavy atom. The van der Waals surface area contributed by atoms with Crippen LogP contribution in [-0.4, -0.2) is 59.0 Å². The standard InChI is InChI=1S/C20H25N3O4/c24-20(25)23-7-3-15(4-8-23)19-17-2-1-16(11-18(17)21-13-22-19)27-12-14-5-9-26-10-6-14/h1-2,11,13-15H,3-10,12H2,(H,24,25). The molecule has 0 bridgehead atoms. The minimum absolute atomic E-state index is 0.264. The molecule has 7 nitrogen and oxygen atoms in total. The van der Waals surface area contributed by atoms with Gasteiger partial charge >= 0.3 is 6.09 Å². The van der Waals surface area contributed by atoms with Gasteiger partial charge in [0.15, 0.2) is 0 Å². The van der Waals surface area contributed by atoms with Crippen LogP contribution in [0.25, 0.3) is 10.9 Å². The fourth-order valence-corrected chi connectivity index (χ4v) is 3.94. The highest BCUT2D eigenvalue weighted by Gasteiger charge is 2.25. The van der Waals surface area contributed by atoms with Gasteiger partial charge in [-0.15, -0.1) is 0 Å². The van der Waals surface area contributed by atoms with E-state index >= 15 is 0 Å². The molecule has 3 heterocycles. The Balaban J connectivity index is 1.46. The number of amides is 1. The summed E-state index contributed by atoms with van der Waals surface area (Å²) in [6, 6.07) is 6.00. The van der Waals surface area contributed by atoms with Crippen LogP contribution < -0.4 is 4.74 Å². The van der Waals surface area contributed by atoms with E-state index in [2.05, 4.69) is 9.97 Å². The SMILES string of the molecule is O=C(O)N1CCC(c2ncnc3cc(OCC4CCOCC4)ccc23)CC1. The second-order valence-corrected chi connectivity index (χ2v) is 7.35. The number of hydrogen-bond donors (Lipinski definition) is 1. The van der Waals surface area contributed by atoms with Crippen LogP contribution in [0.4, 0.5) is 4.79 Å². The van der Waals surface area contributed by atoms with Gasteiger partial charge in [-0.2, -0.15) is 0 Å². The van der Waals surface area contributed by atoms with E-state index in [1.165, 1.54) is 4.90 Å². The first-order valence-corrected chi connectivity index (χ1v) is 9.64. The number of fused-ring (bicyclic) bond motifs is 1. The van der Waals surface area contributed by atoms with Gasteiger partial charge in [0.1, 0.15) is 12.1 Å². The van der Waals surface area contributed by atoms with Crippen molar-refractivity contribution in [3.05, 3.63) is 30.2 Å². The van der Waals surface area contributed by atoms with E-state index in [1.807, 2.05) is 18.2 Å². The van der Waals surface area contributed by atoms with E-state index in [9.17, 15) is 4.79 Å². The Hall–Kier alpha value is -2.41. The average molecular weight is 371 g/mol. The van der Waals surface area contributed by atoms with Crippen LogP contribution >= 0.6 is 0 Å². The number of carbonyl (C=O) groups is 1. The van der Waals surface area contributed by atoms with Crippen LogP contribution in [-0.2, 0) is 4.74 Å². The summed E-state index contributed by atoms with van der Waals surface area (Å²) in [6.45, 7) is 3.46. The number of nitrogens with zero attached hydrogens (tertiary/aromatic N) is 3. The minimum Gasteiger partial charge on any atom is -0.493 e. The second-order valence-electron chi connectivity index (χ2n) is 7.35. The van der Waals surface area contributed by atoms with Gasteiger partial charge in [0.05, 0.1) is 17.8 Å². The Morgan fingerprint density at radius 2 is 1.96 bits per heavy atom. The Morgan fingerprint density at radius 3 is 2.70 bits per heavy atom. The first-order valence-electron chi connectivity index (χ1n) is 9.64. The minimum atomic E-state index is -0.840. The smallest absolute Gasteiger partial charge is 0.407 e. The molecule has 0 saturated carbocycles. The van der Waals surface area contributed by atoms with Crippen LogP contribution in [0.1, 0.15) is 37.3 Å². The number of piperidine rings is 1. The monoisotopic (exact) mass is 371 g/mol. The lowest BCUT2D eigenvalue weighted by molar-refractivity contribution is 0.0498. The molecule has 2 aromatic rings. The van der Waals surface area contributed by atoms with Gasteiger partial charge < -0.3 is 19.5 Å². The first-order chi connectivity index (χ1) is 13.2. The van der Waals surface area contributed by atoms with Crippen molar-refractivity contribution in [2.75, 3.05) is 32.9 Å². The van der Waals surface area contributed by atoms with E-state index in [4.69, 9.17) is 14.6 Å². The zero-order valence-electron chi connectivity index (χ0n) is 15.3. The molecule has 144 valence electrons. The Bertz CT molecular complexity index is 799. The predicted molar refractivity (Wildman–Crippen MR) is 100 cm³/mol. The molecule has 0 spiro atoms. The number of likely N-dealkylation sites (tertiary alicyclic amines) is 1. The zero-order chi connectivity index (χ0) is 18.6. The van der Waals surface area contributed by atoms with Crippen molar-refractivity contribution in [3.8, 4) is 5.75 Å². The highest BCUT2D eigenvalue weighted by Crippen LogP contribution is 2.32. The van der Waals surface area contributed by atoms with E-state index in [-0.39, 0.29) is 5.92 Å². The predicted octanol–water partition coefficient (Wildman–Crippen LogP) is 3.29. The molecular formula is C20H25N3O4. The summed E-state index contributed by atoms with van der Waals surface area (Å²) in [5.74, 6) is 1.65. The van der Waals surface area contributed by atoms with Gasteiger partial charge in [-0.1, -0.05) is 0 Å². The molecule has 2 fully saturated rings. The molecule has 1 aromatic heterocycles. The molecule has 1 amide bonds. The fraction of sp³-hybridized carbons (Fsp3) is 0.550. The summed E-state index contributed by atoms with van der Waals surface area (Å²) in [4.78, 5) is 21.5. The Kier molecular flexibility index (Phi) is 5.38. The molecule has 7 heteroatoms. The van der Waals surface area contributed by atoms with E-state index in [1.54, 1.807) is 6.33 Å². The van der Waals surface area contributed by atoms with Crippen LogP contribution in [0.15, 0.2) is 24.5 Å². The van der Waals surface area contributed by atoms with Crippen molar-refractivity contribution in [3.63, 3.8) is 0 Å². The van der Waals surface area contributed by atoms with Crippen molar-refractivity contribution in [2.24, 2.45) is 5.92 Å². The molecule has 2 saturated heterocycles. The molecule has 0 aliphatic carbocycles. The number of hydrogen-bond acceptors (Lipinski definition) is 5. The summed E-state index contributed by atoms with van der Waals surface area (Å²) in [5.41, 5.74) is 1.89. The maximum Gasteiger partial charge on any atom is 0.407 e. The molecule has 0 unspecified atom stereocenters. The Labute approximate surface area is 158 Å². The van der Waals surface area contributed by atoms with Gasteiger partial charge in [0.25, 0.3) is 0 Å². The van der Waals surface area contributed by atoms with Crippen molar-refractivity contribution in [2.45, 2.75) is 31.6 Å². The van der Waals surface area contributed by atoms with Gasteiger partial charge in [-0.05, 0) is 43.7 Å². The average Bonchev–Trinajstić information content (AvgIpc) is 2.72. The first kappa shape index (κ1) is 18.0. The van der Waals surface area contributed by atoms with Crippen molar-refractivity contribution in [1.29, 1.82) is 0 Å². The quantitative estimate of drug-likeness (QED) is 0.888. The van der Waals surface area contributed by atoms with E-state index in [0.29, 0.717) is 25.6 Å². The number of benzene rings is 1. The molecule has 4 rings (SSSR count). The molecule has 2 aliphatic rings. The summed E-state index contributed by atoms with van der Waals surface area (Å²) in [7, 11) is 0. The lowest BCUT2D eigenvalue weighted by atomic mass is 9.91. The van der Waals surface area contributed by atoms with Gasteiger partial charge in [0.2, 0.25) is 0 Å². The molecular weight excluding hydrogens is 346 g/mol. The third-order valence-electron chi connectivity index (χ3n) is 5.62. The maximum absolute atomic E-state index is 11.1. The lowest BCUT2D eigenvalue weighted by Crippen LogP contribution is -2.37. The third-order valence-corrected chi connectivity index (χ3v) is 5.62. The molecule has 27 heavy (non-hydrogen) atoms. The van der Waals surface area contributed by atoms with E-state index in [0.717, 1.165) is 61.2 Å². The number of carboxylic acid groups (broad SMARTS) is 1. The molecule has 1 aromatic carbocycles. The summed E-state index contributed by atoms with van der Waals surface area (Å²) >= 11 is 0. The van der Waals surface area contributed by atoms with Crippen molar-refractivity contribution >= 4 is 17.0 Å². The second kappa shape index (κ2) is 8.08. The largest absolute Gasteiger partial charge is 0.493 e. The molecule has 0 radical (unpaired) electrons. The molecule has 0 atom stereocenters. The van der Waals surface area contributed by atoms with Crippen LogP contribution in [0.2, 0.25) is 0 Å². The zero-order valence-corrected chi connectivity index (χ0v) is 15.3. The van der Waals surface area contributed by atoms with Crippen molar-refractivity contribution < 1.29 is 19.4 Å². The van der Waals surface area contributed by atoms with Crippen molar-refractivity contribution in [1.82, 2.24) is 14.9 Å². The van der Waals surface area contributed by atoms with E-state index < -0.39 is 6.09 Å². The maximum atomic E-state index is 11.1. The van der Waals surface area contributed by atoms with Gasteiger partial charge in [-0.3, -0.25) is 0 Å². The van der Waals surface area contributed by atoms with Crippen LogP contribution in [0, 0.1) is 5.92 Å². The van der Waals surface area contributed by atoms with Crippen LogP contribution in [0.5, 0.6) is 5.75 Å². The fourth-order valence-electron chi connectivity index (χ4n) is 3.94. The number of ether oxygens (including phenoxy) is 2. The van der Waals surface area contributed by atoms with Gasteiger partial charge in [-0.25, -0.2) is 14.8 Å². The normalized spacial score (nSPS) is 19.3. The van der Waals surface area contributed by atoms with Crippen LogP contribution in [0.3, 0.4) is 0 Å². The summed E-state index contributed by atoms with van der Waals surface area (Å²) in [5, 5.41) is 10.2. The third kappa shape index (κ3) is 4.13. The lowest BCUT2D eigenvalue weighted by Gasteiger charge is -2.30. The highest BCUT2D eigenvalue weighted by atomic mass is 16.5. The molecule has 1 N–H and O–H groups in total. The summed E-state index contributed by atoms with van der Waals surface area (Å²) < 4.78 is 11.4.